The van der Waals surface area contributed by atoms with E-state index in [-0.39, 0.29) is 33.7 Å². The van der Waals surface area contributed by atoms with Crippen molar-refractivity contribution in [1.29, 1.82) is 0 Å². The number of amides is 1. The number of nitro groups is 1. The summed E-state index contributed by atoms with van der Waals surface area (Å²) in [4.78, 5) is 37.3. The minimum absolute atomic E-state index is 0.0246. The number of carbonyl (C=O) groups is 1. The van der Waals surface area contributed by atoms with E-state index in [1.54, 1.807) is 30.5 Å². The number of aromatic nitrogens is 2. The fraction of sp³-hybridized carbons (Fsp3) is 0.404. The number of hydrogen-bond donors (Lipinski definition) is 3. The van der Waals surface area contributed by atoms with Crippen LogP contribution >= 0.6 is 11.6 Å². The molecule has 5 heterocycles. The number of anilines is 2. The van der Waals surface area contributed by atoms with Gasteiger partial charge < -0.3 is 24.7 Å². The van der Waals surface area contributed by atoms with Crippen LogP contribution in [-0.2, 0) is 14.8 Å². The van der Waals surface area contributed by atoms with Gasteiger partial charge in [-0.2, -0.15) is 0 Å². The molecule has 2 aromatic heterocycles. The first-order valence-corrected chi connectivity index (χ1v) is 23.4. The summed E-state index contributed by atoms with van der Waals surface area (Å²) in [5, 5.41) is 16.7. The number of nitrogens with one attached hydrogen (secondary N) is 3. The molecule has 9 rings (SSSR count). The summed E-state index contributed by atoms with van der Waals surface area (Å²) < 4.78 is 41.2. The number of ether oxygens (including phenoxy) is 2. The number of allylic oxidation sites excluding steroid dienone is 1. The molecule has 63 heavy (non-hydrogen) atoms. The Kier molecular flexibility index (Phi) is 11.7. The number of fused-ring (bicyclic) bond motifs is 1. The number of H-pyrrole nitrogens is 1. The lowest BCUT2D eigenvalue weighted by Gasteiger charge is -2.49. The molecule has 3 saturated heterocycles. The normalized spacial score (nSPS) is 19.0. The number of hydrogen-bond acceptors (Lipinski definition) is 11. The number of sulfonamides is 1. The van der Waals surface area contributed by atoms with Crippen molar-refractivity contribution in [1.82, 2.24) is 19.6 Å². The summed E-state index contributed by atoms with van der Waals surface area (Å²) in [7, 11) is -4.55. The van der Waals surface area contributed by atoms with Gasteiger partial charge in [-0.1, -0.05) is 43.2 Å². The van der Waals surface area contributed by atoms with Crippen LogP contribution in [0.15, 0.2) is 95.7 Å². The first kappa shape index (κ1) is 42.8. The molecule has 3 aromatic carbocycles. The first-order valence-electron chi connectivity index (χ1n) is 21.6. The minimum atomic E-state index is -4.55. The van der Waals surface area contributed by atoms with Crippen LogP contribution in [0, 0.1) is 26.9 Å². The molecule has 0 radical (unpaired) electrons. The zero-order chi connectivity index (χ0) is 43.9. The average molecular weight is 894 g/mol. The molecule has 0 atom stereocenters. The fourth-order valence-corrected chi connectivity index (χ4v) is 10.7. The van der Waals surface area contributed by atoms with E-state index >= 15 is 0 Å². The van der Waals surface area contributed by atoms with Gasteiger partial charge in [0, 0.05) is 85.8 Å². The van der Waals surface area contributed by atoms with Crippen LogP contribution in [0.4, 0.5) is 17.1 Å². The topological polar surface area (TPSA) is 172 Å². The van der Waals surface area contributed by atoms with Crippen molar-refractivity contribution in [3.63, 3.8) is 0 Å². The Bertz CT molecular complexity index is 2690. The monoisotopic (exact) mass is 893 g/mol. The number of halogens is 1. The number of nitrogens with zero attached hydrogens (tertiary/aromatic N) is 4. The van der Waals surface area contributed by atoms with Gasteiger partial charge in [-0.3, -0.25) is 19.8 Å². The van der Waals surface area contributed by atoms with Crippen LogP contribution in [0.5, 0.6) is 11.5 Å². The number of carbonyl (C=O) groups excluding carboxylic acids is 1. The van der Waals surface area contributed by atoms with Gasteiger partial charge in [0.1, 0.15) is 22.8 Å². The largest absolute Gasteiger partial charge is 0.455 e. The molecule has 0 unspecified atom stereocenters. The average Bonchev–Trinajstić information content (AvgIpc) is 3.91. The Labute approximate surface area is 372 Å². The van der Waals surface area contributed by atoms with Gasteiger partial charge in [-0.15, -0.1) is 0 Å². The highest BCUT2D eigenvalue weighted by Crippen LogP contribution is 2.46. The summed E-state index contributed by atoms with van der Waals surface area (Å²) >= 11 is 6.26. The first-order chi connectivity index (χ1) is 30.2. The van der Waals surface area contributed by atoms with Gasteiger partial charge in [0.25, 0.3) is 21.6 Å². The molecule has 1 spiro atoms. The molecule has 3 fully saturated rings. The highest BCUT2D eigenvalue weighted by atomic mass is 35.5. The number of rotatable bonds is 13. The molecule has 16 heteroatoms. The van der Waals surface area contributed by atoms with Crippen LogP contribution in [0.2, 0.25) is 5.02 Å². The molecule has 5 aromatic rings. The molecule has 3 N–H and O–H groups in total. The number of pyridine rings is 1. The lowest BCUT2D eigenvalue weighted by Crippen LogP contribution is -2.57. The van der Waals surface area contributed by atoms with E-state index in [4.69, 9.17) is 21.1 Å². The molecule has 0 saturated carbocycles. The van der Waals surface area contributed by atoms with E-state index in [1.807, 2.05) is 18.2 Å². The van der Waals surface area contributed by atoms with Crippen LogP contribution in [0.3, 0.4) is 0 Å². The molecular weight excluding hydrogens is 842 g/mol. The Balaban J connectivity index is 0.917. The van der Waals surface area contributed by atoms with Gasteiger partial charge in [0.05, 0.1) is 21.6 Å². The maximum absolute atomic E-state index is 13.9. The van der Waals surface area contributed by atoms with E-state index in [0.717, 1.165) is 93.4 Å². The number of benzene rings is 3. The zero-order valence-electron chi connectivity index (χ0n) is 35.5. The number of nitro benzene ring substituents is 1. The third kappa shape index (κ3) is 9.42. The predicted octanol–water partition coefficient (Wildman–Crippen LogP) is 9.05. The standard InChI is InChI=1S/C47H52ClN7O7S/c1-46(2)15-11-34(40(24-46)32-3-5-35(48)6-4-32)27-53-18-16-47(28-53)29-54(30-47)36-7-9-39(43(22-36)62-37-21-33-12-17-49-44(33)51-26-37)45(56)52-63(59,60)38-8-10-41(42(23-38)55(57)58)50-25-31-13-19-61-20-14-31/h3-10,12,17,21-23,26,31,50H,11,13-16,18-20,24-25,27-30H2,1-2H3,(H,49,51)(H,52,56). The third-order valence-electron chi connectivity index (χ3n) is 13.2. The van der Waals surface area contributed by atoms with Crippen LogP contribution in [0.25, 0.3) is 16.6 Å². The molecule has 1 amide bonds. The van der Waals surface area contributed by atoms with Crippen molar-refractivity contribution in [3.8, 4) is 11.5 Å². The van der Waals surface area contributed by atoms with Crippen molar-refractivity contribution in [2.75, 3.05) is 62.7 Å². The minimum Gasteiger partial charge on any atom is -0.455 e. The van der Waals surface area contributed by atoms with Crippen molar-refractivity contribution < 1.29 is 27.6 Å². The van der Waals surface area contributed by atoms with Gasteiger partial charge in [0.2, 0.25) is 0 Å². The van der Waals surface area contributed by atoms with Crippen molar-refractivity contribution in [2.45, 2.75) is 57.3 Å². The summed E-state index contributed by atoms with van der Waals surface area (Å²) in [6.07, 6.45) is 9.31. The Morgan fingerprint density at radius 2 is 1.83 bits per heavy atom. The Morgan fingerprint density at radius 1 is 1.03 bits per heavy atom. The summed E-state index contributed by atoms with van der Waals surface area (Å²) in [6.45, 7) is 11.1. The number of aromatic amines is 1. The maximum Gasteiger partial charge on any atom is 0.293 e. The van der Waals surface area contributed by atoms with E-state index < -0.39 is 31.4 Å². The van der Waals surface area contributed by atoms with Gasteiger partial charge in [-0.05, 0) is 116 Å². The van der Waals surface area contributed by atoms with Crippen LogP contribution < -0.4 is 19.7 Å². The van der Waals surface area contributed by atoms with Gasteiger partial charge in [-0.25, -0.2) is 18.1 Å². The van der Waals surface area contributed by atoms with E-state index in [9.17, 15) is 23.3 Å². The highest BCUT2D eigenvalue weighted by molar-refractivity contribution is 7.90. The van der Waals surface area contributed by atoms with Gasteiger partial charge >= 0.3 is 0 Å². The van der Waals surface area contributed by atoms with E-state index in [0.29, 0.717) is 31.2 Å². The number of likely N-dealkylation sites (tertiary alicyclic amines) is 1. The maximum atomic E-state index is 13.9. The van der Waals surface area contributed by atoms with Crippen LogP contribution in [0.1, 0.15) is 68.3 Å². The lowest BCUT2D eigenvalue weighted by molar-refractivity contribution is -0.384. The quantitative estimate of drug-likeness (QED) is 0.0761. The molecule has 0 bridgehead atoms. The Hall–Kier alpha value is -5.48. The summed E-state index contributed by atoms with van der Waals surface area (Å²) in [5.41, 5.74) is 5.87. The molecule has 14 nitrogen and oxygen atoms in total. The second-order valence-corrected chi connectivity index (χ2v) is 20.5. The second kappa shape index (κ2) is 17.2. The SMILES string of the molecule is CC1(C)CCC(CN2CCC3(C2)CN(c2ccc(C(=O)NS(=O)(=O)c4ccc(NCC5CCOCC5)c([N+](=O)[O-])c4)c(Oc4cnc5[nH]ccc5c4)c2)C3)=C(c2ccc(Cl)cc2)C1. The lowest BCUT2D eigenvalue weighted by atomic mass is 9.72. The van der Waals surface area contributed by atoms with Crippen molar-refractivity contribution in [3.05, 3.63) is 117 Å². The molecular formula is C47H52ClN7O7S. The van der Waals surface area contributed by atoms with E-state index in [2.05, 4.69) is 55.8 Å². The highest BCUT2D eigenvalue weighted by Gasteiger charge is 2.48. The fourth-order valence-electron chi connectivity index (χ4n) is 9.60. The molecule has 1 aliphatic carbocycles. The summed E-state index contributed by atoms with van der Waals surface area (Å²) in [6, 6.07) is 20.6. The summed E-state index contributed by atoms with van der Waals surface area (Å²) in [5.74, 6) is -0.161. The smallest absolute Gasteiger partial charge is 0.293 e. The molecule has 4 aliphatic rings. The van der Waals surface area contributed by atoms with Gasteiger partial charge in [0.15, 0.2) is 0 Å². The predicted molar refractivity (Wildman–Crippen MR) is 244 cm³/mol. The third-order valence-corrected chi connectivity index (χ3v) is 14.7. The zero-order valence-corrected chi connectivity index (χ0v) is 37.1. The van der Waals surface area contributed by atoms with E-state index in [1.165, 1.54) is 35.0 Å². The van der Waals surface area contributed by atoms with Crippen LogP contribution in [-0.4, -0.2) is 86.6 Å². The van der Waals surface area contributed by atoms with Crippen molar-refractivity contribution in [2.24, 2.45) is 16.7 Å². The molecule has 3 aliphatic heterocycles. The van der Waals surface area contributed by atoms with Crippen molar-refractivity contribution >= 4 is 61.2 Å². The molecule has 330 valence electrons. The Morgan fingerprint density at radius 3 is 2.60 bits per heavy atom. The second-order valence-electron chi connectivity index (χ2n) is 18.4.